The number of aliphatic hydroxyl groups is 1. The minimum Gasteiger partial charge on any atom is -0.483 e. The molecule has 0 atom stereocenters. The normalized spacial score (nSPS) is 9.83. The van der Waals surface area contributed by atoms with Gasteiger partial charge in [-0.15, -0.1) is 0 Å². The Balaban J connectivity index is 0.000000322. The number of benzene rings is 1. The molecule has 5 N–H and O–H groups in total. The topological polar surface area (TPSA) is 107 Å². The minimum absolute atomic E-state index is 0.143. The number of anilines is 2. The molecular formula is C17H26N4O2. The Labute approximate surface area is 137 Å². The summed E-state index contributed by atoms with van der Waals surface area (Å²) in [7, 11) is 0. The van der Waals surface area contributed by atoms with Crippen LogP contribution in [-0.2, 0) is 6.61 Å². The fourth-order valence-electron chi connectivity index (χ4n) is 1.78. The van der Waals surface area contributed by atoms with Gasteiger partial charge in [0.15, 0.2) is 11.6 Å². The van der Waals surface area contributed by atoms with Crippen molar-refractivity contribution in [1.29, 1.82) is 0 Å². The van der Waals surface area contributed by atoms with Crippen molar-refractivity contribution in [3.05, 3.63) is 42.1 Å². The van der Waals surface area contributed by atoms with Gasteiger partial charge in [0.1, 0.15) is 6.61 Å². The van der Waals surface area contributed by atoms with Gasteiger partial charge in [-0.2, -0.15) is 4.98 Å². The fourth-order valence-corrected chi connectivity index (χ4v) is 1.78. The number of nitrogens with two attached hydrogens (primary N) is 2. The molecule has 0 bridgehead atoms. The maximum atomic E-state index is 8.29. The summed E-state index contributed by atoms with van der Waals surface area (Å²) in [4.78, 5) is 7.62. The van der Waals surface area contributed by atoms with Crippen molar-refractivity contribution in [2.45, 2.75) is 39.2 Å². The molecule has 0 aliphatic rings. The van der Waals surface area contributed by atoms with Crippen LogP contribution in [0.4, 0.5) is 11.8 Å². The van der Waals surface area contributed by atoms with Crippen molar-refractivity contribution < 1.29 is 9.84 Å². The van der Waals surface area contributed by atoms with E-state index in [1.54, 1.807) is 0 Å². The van der Waals surface area contributed by atoms with Crippen LogP contribution in [0.3, 0.4) is 0 Å². The van der Waals surface area contributed by atoms with Gasteiger partial charge >= 0.3 is 0 Å². The second-order valence-corrected chi connectivity index (χ2v) is 5.04. The molecule has 1 heterocycles. The lowest BCUT2D eigenvalue weighted by Gasteiger charge is -2.07. The Bertz CT molecular complexity index is 546. The SMILES string of the molecule is CCCCCCO.Nc1ncc(OCc2ccccc2)c(N)n1. The summed E-state index contributed by atoms with van der Waals surface area (Å²) in [5.41, 5.74) is 12.1. The van der Waals surface area contributed by atoms with E-state index in [4.69, 9.17) is 21.3 Å². The first-order valence-electron chi connectivity index (χ1n) is 7.83. The summed E-state index contributed by atoms with van der Waals surface area (Å²) in [5.74, 6) is 0.839. The molecule has 2 rings (SSSR count). The Hall–Kier alpha value is -2.34. The van der Waals surface area contributed by atoms with Gasteiger partial charge in [-0.1, -0.05) is 56.5 Å². The molecule has 0 spiro atoms. The molecule has 126 valence electrons. The molecule has 6 nitrogen and oxygen atoms in total. The molecule has 0 unspecified atom stereocenters. The number of nitrogens with zero attached hydrogens (tertiary/aromatic N) is 2. The van der Waals surface area contributed by atoms with Crippen LogP contribution in [0.25, 0.3) is 0 Å². The van der Waals surface area contributed by atoms with Crippen molar-refractivity contribution in [2.75, 3.05) is 18.1 Å². The van der Waals surface area contributed by atoms with Crippen molar-refractivity contribution in [3.8, 4) is 5.75 Å². The average Bonchev–Trinajstić information content (AvgIpc) is 2.56. The van der Waals surface area contributed by atoms with E-state index in [0.29, 0.717) is 19.0 Å². The predicted octanol–water partition coefficient (Wildman–Crippen LogP) is 2.78. The zero-order valence-corrected chi connectivity index (χ0v) is 13.6. The Kier molecular flexibility index (Phi) is 9.16. The van der Waals surface area contributed by atoms with E-state index in [2.05, 4.69) is 16.9 Å². The van der Waals surface area contributed by atoms with Gasteiger partial charge in [0.2, 0.25) is 5.95 Å². The lowest BCUT2D eigenvalue weighted by Crippen LogP contribution is -2.03. The third-order valence-electron chi connectivity index (χ3n) is 3.05. The highest BCUT2D eigenvalue weighted by Crippen LogP contribution is 2.18. The van der Waals surface area contributed by atoms with Gasteiger partial charge in [-0.05, 0) is 12.0 Å². The summed E-state index contributed by atoms with van der Waals surface area (Å²) in [6.45, 7) is 2.95. The van der Waals surface area contributed by atoms with Crippen LogP contribution in [0.5, 0.6) is 5.75 Å². The van der Waals surface area contributed by atoms with E-state index >= 15 is 0 Å². The fraction of sp³-hybridized carbons (Fsp3) is 0.412. The highest BCUT2D eigenvalue weighted by atomic mass is 16.5. The summed E-state index contributed by atoms with van der Waals surface area (Å²) < 4.78 is 5.47. The Morgan fingerprint density at radius 3 is 2.43 bits per heavy atom. The first kappa shape index (κ1) is 18.7. The number of hydrogen-bond acceptors (Lipinski definition) is 6. The van der Waals surface area contributed by atoms with Gasteiger partial charge in [-0.3, -0.25) is 0 Å². The molecular weight excluding hydrogens is 292 g/mol. The van der Waals surface area contributed by atoms with Crippen molar-refractivity contribution in [2.24, 2.45) is 0 Å². The van der Waals surface area contributed by atoms with Crippen LogP contribution < -0.4 is 16.2 Å². The van der Waals surface area contributed by atoms with Crippen LogP contribution in [0.1, 0.15) is 38.2 Å². The number of aliphatic hydroxyl groups excluding tert-OH is 1. The largest absolute Gasteiger partial charge is 0.483 e. The zero-order valence-electron chi connectivity index (χ0n) is 13.6. The molecule has 0 aliphatic carbocycles. The summed E-state index contributed by atoms with van der Waals surface area (Å²) in [6.07, 6.45) is 6.15. The first-order chi connectivity index (χ1) is 11.2. The third kappa shape index (κ3) is 8.01. The standard InChI is InChI=1S/C11H12N4O.C6H14O/c12-10-9(6-14-11(13)15-10)16-7-8-4-2-1-3-5-8;1-2-3-4-5-6-7/h1-6H,7H2,(H4,12,13,14,15);7H,2-6H2,1H3. The van der Waals surface area contributed by atoms with E-state index in [1.807, 2.05) is 30.3 Å². The predicted molar refractivity (Wildman–Crippen MR) is 92.9 cm³/mol. The molecule has 0 fully saturated rings. The second-order valence-electron chi connectivity index (χ2n) is 5.04. The van der Waals surface area contributed by atoms with Crippen LogP contribution >= 0.6 is 0 Å². The lowest BCUT2D eigenvalue weighted by molar-refractivity contribution is 0.283. The highest BCUT2D eigenvalue weighted by Gasteiger charge is 2.03. The van der Waals surface area contributed by atoms with Gasteiger partial charge < -0.3 is 21.3 Å². The maximum Gasteiger partial charge on any atom is 0.222 e. The van der Waals surface area contributed by atoms with Gasteiger partial charge in [0.25, 0.3) is 0 Å². The molecule has 6 heteroatoms. The molecule has 0 radical (unpaired) electrons. The van der Waals surface area contributed by atoms with Crippen LogP contribution in [0.2, 0.25) is 0 Å². The van der Waals surface area contributed by atoms with Gasteiger partial charge in [0.05, 0.1) is 6.20 Å². The minimum atomic E-state index is 0.143. The summed E-state index contributed by atoms with van der Waals surface area (Å²) in [6, 6.07) is 9.77. The van der Waals surface area contributed by atoms with Crippen LogP contribution in [0.15, 0.2) is 36.5 Å². The van der Waals surface area contributed by atoms with E-state index in [1.165, 1.54) is 25.5 Å². The van der Waals surface area contributed by atoms with Crippen LogP contribution in [0, 0.1) is 0 Å². The molecule has 0 saturated carbocycles. The van der Waals surface area contributed by atoms with E-state index in [0.717, 1.165) is 12.0 Å². The second kappa shape index (κ2) is 11.3. The van der Waals surface area contributed by atoms with E-state index in [9.17, 15) is 0 Å². The molecule has 0 aliphatic heterocycles. The lowest BCUT2D eigenvalue weighted by atomic mass is 10.2. The van der Waals surface area contributed by atoms with E-state index < -0.39 is 0 Å². The first-order valence-corrected chi connectivity index (χ1v) is 7.83. The molecule has 1 aromatic heterocycles. The number of unbranched alkanes of at least 4 members (excludes halogenated alkanes) is 3. The number of ether oxygens (including phenoxy) is 1. The van der Waals surface area contributed by atoms with Crippen molar-refractivity contribution >= 4 is 11.8 Å². The number of hydrogen-bond donors (Lipinski definition) is 3. The smallest absolute Gasteiger partial charge is 0.222 e. The van der Waals surface area contributed by atoms with Gasteiger partial charge in [-0.25, -0.2) is 4.98 Å². The molecule has 0 amide bonds. The molecule has 23 heavy (non-hydrogen) atoms. The summed E-state index contributed by atoms with van der Waals surface area (Å²) in [5, 5.41) is 8.29. The quantitative estimate of drug-likeness (QED) is 0.678. The Morgan fingerprint density at radius 1 is 1.09 bits per heavy atom. The highest BCUT2D eigenvalue weighted by molar-refractivity contribution is 5.46. The monoisotopic (exact) mass is 318 g/mol. The summed E-state index contributed by atoms with van der Waals surface area (Å²) >= 11 is 0. The van der Waals surface area contributed by atoms with Gasteiger partial charge in [0, 0.05) is 6.61 Å². The van der Waals surface area contributed by atoms with Crippen molar-refractivity contribution in [3.63, 3.8) is 0 Å². The zero-order chi connectivity index (χ0) is 16.9. The molecule has 2 aromatic rings. The number of rotatable bonds is 7. The number of aromatic nitrogens is 2. The maximum absolute atomic E-state index is 8.29. The van der Waals surface area contributed by atoms with Crippen LogP contribution in [-0.4, -0.2) is 21.7 Å². The third-order valence-corrected chi connectivity index (χ3v) is 3.05. The number of nitrogen functional groups attached to an aromatic ring is 2. The van der Waals surface area contributed by atoms with E-state index in [-0.39, 0.29) is 11.8 Å². The average molecular weight is 318 g/mol. The molecule has 0 saturated heterocycles. The Morgan fingerprint density at radius 2 is 1.83 bits per heavy atom. The van der Waals surface area contributed by atoms with Crippen molar-refractivity contribution in [1.82, 2.24) is 9.97 Å². The molecule has 1 aromatic carbocycles.